The third-order valence-corrected chi connectivity index (χ3v) is 6.41. The van der Waals surface area contributed by atoms with Crippen LogP contribution >= 0.6 is 0 Å². The molecule has 0 spiro atoms. The summed E-state index contributed by atoms with van der Waals surface area (Å²) in [5, 5.41) is 9.35. The first kappa shape index (κ1) is 16.0. The Bertz CT molecular complexity index is 487. The monoisotopic (exact) mass is 306 g/mol. The number of fused-ring (bicyclic) bond motifs is 3. The SMILES string of the molecule is CC(C)(C)O[C@@H]1CC[C@@H]2[C@H]3CC(=CO)C(=O)C[C@@H]3CC[C@]21C. The van der Waals surface area contributed by atoms with Crippen molar-refractivity contribution in [2.24, 2.45) is 23.2 Å². The Kier molecular flexibility index (Phi) is 3.91. The fraction of sp³-hybridized carbons (Fsp3) is 0.842. The molecule has 5 atom stereocenters. The second kappa shape index (κ2) is 5.36. The molecule has 3 heteroatoms. The van der Waals surface area contributed by atoms with Gasteiger partial charge in [0, 0.05) is 12.0 Å². The number of carbonyl (C=O) groups excluding carboxylic acids is 1. The molecule has 3 aliphatic rings. The lowest BCUT2D eigenvalue weighted by molar-refractivity contribution is -0.135. The molecule has 0 saturated heterocycles. The molecular weight excluding hydrogens is 276 g/mol. The summed E-state index contributed by atoms with van der Waals surface area (Å²) >= 11 is 0. The van der Waals surface area contributed by atoms with Crippen molar-refractivity contribution in [1.82, 2.24) is 0 Å². The summed E-state index contributed by atoms with van der Waals surface area (Å²) < 4.78 is 6.39. The number of Topliss-reactive ketones (excluding diaryl/α,β-unsaturated/α-hetero) is 1. The van der Waals surface area contributed by atoms with E-state index in [2.05, 4.69) is 27.7 Å². The van der Waals surface area contributed by atoms with Crippen molar-refractivity contribution in [1.29, 1.82) is 0 Å². The first-order valence-corrected chi connectivity index (χ1v) is 8.79. The van der Waals surface area contributed by atoms with Gasteiger partial charge in [0.25, 0.3) is 0 Å². The largest absolute Gasteiger partial charge is 0.515 e. The molecule has 3 rings (SSSR count). The number of allylic oxidation sites excluding steroid dienone is 1. The Morgan fingerprint density at radius 1 is 1.23 bits per heavy atom. The molecule has 3 saturated carbocycles. The van der Waals surface area contributed by atoms with E-state index in [1.165, 1.54) is 12.8 Å². The van der Waals surface area contributed by atoms with Gasteiger partial charge in [-0.25, -0.2) is 0 Å². The minimum atomic E-state index is -0.0991. The van der Waals surface area contributed by atoms with Crippen LogP contribution in [0.2, 0.25) is 0 Å². The standard InChI is InChI=1S/C19H30O3/c1-18(2,3)22-17-6-5-15-14-9-13(11-20)16(21)10-12(14)7-8-19(15,17)4/h11-12,14-15,17,20H,5-10H2,1-4H3/t12-,14-,15+,17+,19+/m0/s1. The van der Waals surface area contributed by atoms with Gasteiger partial charge in [0.1, 0.15) is 0 Å². The van der Waals surface area contributed by atoms with Gasteiger partial charge in [-0.3, -0.25) is 4.79 Å². The van der Waals surface area contributed by atoms with Crippen molar-refractivity contribution in [2.75, 3.05) is 0 Å². The molecule has 1 N–H and O–H groups in total. The summed E-state index contributed by atoms with van der Waals surface area (Å²) in [5.41, 5.74) is 0.777. The van der Waals surface area contributed by atoms with Gasteiger partial charge in [-0.1, -0.05) is 6.92 Å². The highest BCUT2D eigenvalue weighted by Gasteiger charge is 2.56. The van der Waals surface area contributed by atoms with Crippen LogP contribution in [0.5, 0.6) is 0 Å². The highest BCUT2D eigenvalue weighted by Crippen LogP contribution is 2.60. The number of rotatable bonds is 1. The number of aliphatic hydroxyl groups excluding tert-OH is 1. The Labute approximate surface area is 134 Å². The minimum Gasteiger partial charge on any atom is -0.515 e. The number of hydrogen-bond donors (Lipinski definition) is 1. The predicted octanol–water partition coefficient (Wildman–Crippen LogP) is 4.42. The molecule has 0 heterocycles. The van der Waals surface area contributed by atoms with Crippen molar-refractivity contribution in [2.45, 2.75) is 77.9 Å². The van der Waals surface area contributed by atoms with Crippen LogP contribution in [0.4, 0.5) is 0 Å². The maximum atomic E-state index is 12.1. The second-order valence-electron chi connectivity index (χ2n) is 8.86. The molecule has 0 radical (unpaired) electrons. The molecule has 0 bridgehead atoms. The average Bonchev–Trinajstić information content (AvgIpc) is 2.74. The smallest absolute Gasteiger partial charge is 0.162 e. The van der Waals surface area contributed by atoms with Crippen LogP contribution in [0.1, 0.15) is 66.2 Å². The second-order valence-corrected chi connectivity index (χ2v) is 8.86. The van der Waals surface area contributed by atoms with E-state index >= 15 is 0 Å². The molecular formula is C19H30O3. The summed E-state index contributed by atoms with van der Waals surface area (Å²) in [7, 11) is 0. The average molecular weight is 306 g/mol. The number of carbonyl (C=O) groups is 1. The van der Waals surface area contributed by atoms with Crippen molar-refractivity contribution in [3.05, 3.63) is 11.8 Å². The van der Waals surface area contributed by atoms with Gasteiger partial charge in [-0.2, -0.15) is 0 Å². The first-order chi connectivity index (χ1) is 10.2. The fourth-order valence-corrected chi connectivity index (χ4v) is 5.36. The van der Waals surface area contributed by atoms with E-state index in [4.69, 9.17) is 4.74 Å². The minimum absolute atomic E-state index is 0.0991. The quantitative estimate of drug-likeness (QED) is 0.576. The predicted molar refractivity (Wildman–Crippen MR) is 86.6 cm³/mol. The van der Waals surface area contributed by atoms with Crippen LogP contribution in [0.3, 0.4) is 0 Å². The van der Waals surface area contributed by atoms with Crippen molar-refractivity contribution in [3.63, 3.8) is 0 Å². The van der Waals surface area contributed by atoms with Gasteiger partial charge in [0.05, 0.1) is 18.0 Å². The van der Waals surface area contributed by atoms with Crippen LogP contribution in [-0.2, 0) is 9.53 Å². The maximum Gasteiger partial charge on any atom is 0.162 e. The van der Waals surface area contributed by atoms with Crippen LogP contribution in [0.15, 0.2) is 11.8 Å². The van der Waals surface area contributed by atoms with E-state index < -0.39 is 0 Å². The molecule has 3 fully saturated rings. The third kappa shape index (κ3) is 2.62. The normalized spacial score (nSPS) is 44.0. The molecule has 3 nitrogen and oxygen atoms in total. The van der Waals surface area contributed by atoms with Gasteiger partial charge in [0.15, 0.2) is 5.78 Å². The first-order valence-electron chi connectivity index (χ1n) is 8.79. The Hall–Kier alpha value is -0.830. The fourth-order valence-electron chi connectivity index (χ4n) is 5.36. The Balaban J connectivity index is 1.82. The summed E-state index contributed by atoms with van der Waals surface area (Å²) in [6, 6.07) is 0. The number of hydrogen-bond acceptors (Lipinski definition) is 3. The Morgan fingerprint density at radius 2 is 1.95 bits per heavy atom. The van der Waals surface area contributed by atoms with E-state index in [-0.39, 0.29) is 16.8 Å². The van der Waals surface area contributed by atoms with Crippen molar-refractivity contribution in [3.8, 4) is 0 Å². The molecule has 0 unspecified atom stereocenters. The molecule has 3 aliphatic carbocycles. The summed E-state index contributed by atoms with van der Waals surface area (Å²) in [6.07, 6.45) is 7.42. The van der Waals surface area contributed by atoms with E-state index in [0.717, 1.165) is 25.5 Å². The third-order valence-electron chi connectivity index (χ3n) is 6.41. The van der Waals surface area contributed by atoms with Crippen LogP contribution in [0.25, 0.3) is 0 Å². The van der Waals surface area contributed by atoms with Gasteiger partial charge in [-0.15, -0.1) is 0 Å². The zero-order valence-corrected chi connectivity index (χ0v) is 14.4. The molecule has 0 aliphatic heterocycles. The topological polar surface area (TPSA) is 46.5 Å². The lowest BCUT2D eigenvalue weighted by Gasteiger charge is -2.50. The zero-order valence-electron chi connectivity index (χ0n) is 14.4. The van der Waals surface area contributed by atoms with E-state index in [0.29, 0.717) is 35.9 Å². The van der Waals surface area contributed by atoms with E-state index in [1.807, 2.05) is 0 Å². The molecule has 0 aromatic heterocycles. The summed E-state index contributed by atoms with van der Waals surface area (Å²) in [6.45, 7) is 8.82. The highest BCUT2D eigenvalue weighted by atomic mass is 16.5. The number of ether oxygens (including phenoxy) is 1. The maximum absolute atomic E-state index is 12.1. The van der Waals surface area contributed by atoms with Gasteiger partial charge in [0.2, 0.25) is 0 Å². The van der Waals surface area contributed by atoms with Crippen LogP contribution in [-0.4, -0.2) is 22.6 Å². The summed E-state index contributed by atoms with van der Waals surface area (Å²) in [5.74, 6) is 1.85. The lowest BCUT2D eigenvalue weighted by Crippen LogP contribution is -2.47. The van der Waals surface area contributed by atoms with E-state index in [1.54, 1.807) is 0 Å². The molecule has 22 heavy (non-hydrogen) atoms. The van der Waals surface area contributed by atoms with Gasteiger partial charge in [-0.05, 0) is 76.0 Å². The van der Waals surface area contributed by atoms with Crippen LogP contribution < -0.4 is 0 Å². The molecule has 124 valence electrons. The summed E-state index contributed by atoms with van der Waals surface area (Å²) in [4.78, 5) is 12.1. The number of ketones is 1. The lowest BCUT2D eigenvalue weighted by atomic mass is 9.55. The highest BCUT2D eigenvalue weighted by molar-refractivity contribution is 5.96. The molecule has 0 amide bonds. The zero-order chi connectivity index (χ0) is 16.1. The number of aliphatic hydroxyl groups is 1. The molecule has 0 aromatic carbocycles. The van der Waals surface area contributed by atoms with Crippen LogP contribution in [0, 0.1) is 23.2 Å². The van der Waals surface area contributed by atoms with E-state index in [9.17, 15) is 9.90 Å². The van der Waals surface area contributed by atoms with Gasteiger partial charge >= 0.3 is 0 Å². The molecule has 0 aromatic rings. The van der Waals surface area contributed by atoms with Crippen molar-refractivity contribution >= 4 is 5.78 Å². The van der Waals surface area contributed by atoms with Crippen molar-refractivity contribution < 1.29 is 14.6 Å². The van der Waals surface area contributed by atoms with Gasteiger partial charge < -0.3 is 9.84 Å². The Morgan fingerprint density at radius 3 is 2.59 bits per heavy atom.